The third kappa shape index (κ3) is 3.59. The topological polar surface area (TPSA) is 64.0 Å². The molecule has 1 spiro atoms. The molecule has 176 valence electrons. The van der Waals surface area contributed by atoms with E-state index in [9.17, 15) is 4.79 Å². The number of aliphatic hydroxyl groups is 2. The van der Waals surface area contributed by atoms with Gasteiger partial charge >= 0.3 is 0 Å². The molecule has 5 heteroatoms. The smallest absolute Gasteiger partial charge is 0.209 e. The summed E-state index contributed by atoms with van der Waals surface area (Å²) in [5.74, 6) is 3.70. The number of fused-ring (bicyclic) bond motifs is 4. The fraction of sp³-hybridized carbons (Fsp3) is 0.885. The molecule has 1 aliphatic heterocycles. The second kappa shape index (κ2) is 8.79. The Balaban J connectivity index is 0.000000535. The third-order valence-electron chi connectivity index (χ3n) is 10.5. The first-order valence-corrected chi connectivity index (χ1v) is 12.6. The average Bonchev–Trinajstić information content (AvgIpc) is 3.26. The molecule has 0 aromatic carbocycles. The van der Waals surface area contributed by atoms with E-state index in [0.717, 1.165) is 42.5 Å². The maximum atomic E-state index is 11.3. The summed E-state index contributed by atoms with van der Waals surface area (Å²) >= 11 is 0. The third-order valence-corrected chi connectivity index (χ3v) is 10.5. The number of nitrogens with zero attached hydrogens (tertiary/aromatic N) is 2. The molecule has 31 heavy (non-hydrogen) atoms. The molecular formula is C26H44N2O3. The van der Waals surface area contributed by atoms with Crippen molar-refractivity contribution < 1.29 is 15.0 Å². The summed E-state index contributed by atoms with van der Waals surface area (Å²) in [7, 11) is 4.33. The summed E-state index contributed by atoms with van der Waals surface area (Å²) in [4.78, 5) is 15.8. The lowest BCUT2D eigenvalue weighted by atomic mass is 9.47. The van der Waals surface area contributed by atoms with Crippen LogP contribution in [0.15, 0.2) is 11.6 Å². The van der Waals surface area contributed by atoms with E-state index in [2.05, 4.69) is 31.9 Å². The number of allylic oxidation sites excluding steroid dienone is 1. The molecule has 5 nitrogen and oxygen atoms in total. The zero-order chi connectivity index (χ0) is 22.4. The molecule has 0 radical (unpaired) electrons. The van der Waals surface area contributed by atoms with Crippen LogP contribution in [0.25, 0.3) is 0 Å². The number of carbonyl (C=O) groups is 1. The lowest BCUT2D eigenvalue weighted by Gasteiger charge is -2.58. The van der Waals surface area contributed by atoms with Gasteiger partial charge in [-0.05, 0) is 99.8 Å². The van der Waals surface area contributed by atoms with Crippen LogP contribution in [0.3, 0.4) is 0 Å². The fourth-order valence-corrected chi connectivity index (χ4v) is 8.88. The van der Waals surface area contributed by atoms with Gasteiger partial charge < -0.3 is 20.0 Å². The molecule has 1 heterocycles. The maximum Gasteiger partial charge on any atom is 0.209 e. The zero-order valence-corrected chi connectivity index (χ0v) is 20.1. The van der Waals surface area contributed by atoms with Gasteiger partial charge in [-0.15, -0.1) is 0 Å². The average molecular weight is 433 g/mol. The molecule has 2 N–H and O–H groups in total. The summed E-state index contributed by atoms with van der Waals surface area (Å²) in [5.41, 5.74) is 2.72. The van der Waals surface area contributed by atoms with Crippen molar-refractivity contribution in [2.24, 2.45) is 34.5 Å². The van der Waals surface area contributed by atoms with Crippen molar-refractivity contribution in [3.05, 3.63) is 11.6 Å². The number of likely N-dealkylation sites (tertiary alicyclic amines) is 1. The van der Waals surface area contributed by atoms with Gasteiger partial charge in [0.05, 0.1) is 13.2 Å². The normalized spacial score (nSPS) is 45.9. The van der Waals surface area contributed by atoms with Gasteiger partial charge in [0.2, 0.25) is 6.41 Å². The molecule has 3 saturated carbocycles. The molecule has 0 aromatic heterocycles. The monoisotopic (exact) mass is 432 g/mol. The molecular weight excluding hydrogens is 388 g/mol. The molecule has 0 aromatic rings. The summed E-state index contributed by atoms with van der Waals surface area (Å²) in [6, 6.07) is 1.21. The molecule has 8 unspecified atom stereocenters. The fourth-order valence-electron chi connectivity index (χ4n) is 8.88. The van der Waals surface area contributed by atoms with Crippen molar-refractivity contribution in [2.45, 2.75) is 77.3 Å². The minimum absolute atomic E-state index is 0.125. The maximum absolute atomic E-state index is 11.3. The first-order valence-electron chi connectivity index (χ1n) is 12.6. The number of hydrogen-bond donors (Lipinski definition) is 2. The highest BCUT2D eigenvalue weighted by Gasteiger charge is 2.63. The van der Waals surface area contributed by atoms with Crippen LogP contribution in [0.1, 0.15) is 65.2 Å². The minimum atomic E-state index is -0.125. The Labute approximate surface area is 188 Å². The Kier molecular flexibility index (Phi) is 6.60. The van der Waals surface area contributed by atoms with Crippen molar-refractivity contribution in [2.75, 3.05) is 33.9 Å². The van der Waals surface area contributed by atoms with E-state index >= 15 is 0 Å². The van der Waals surface area contributed by atoms with Crippen LogP contribution in [-0.4, -0.2) is 72.4 Å². The number of hydrogen-bond acceptors (Lipinski definition) is 4. The van der Waals surface area contributed by atoms with Crippen LogP contribution < -0.4 is 0 Å². The van der Waals surface area contributed by atoms with Gasteiger partial charge in [0.25, 0.3) is 0 Å². The van der Waals surface area contributed by atoms with E-state index in [4.69, 9.17) is 10.2 Å². The van der Waals surface area contributed by atoms with Crippen LogP contribution in [0, 0.1) is 34.5 Å². The number of aliphatic hydroxyl groups excluding tert-OH is 2. The van der Waals surface area contributed by atoms with Crippen molar-refractivity contribution in [3.63, 3.8) is 0 Å². The van der Waals surface area contributed by atoms with Crippen LogP contribution in [0.2, 0.25) is 0 Å². The van der Waals surface area contributed by atoms with E-state index in [1.165, 1.54) is 51.5 Å². The van der Waals surface area contributed by atoms with Gasteiger partial charge in [-0.25, -0.2) is 0 Å². The van der Waals surface area contributed by atoms with E-state index in [-0.39, 0.29) is 13.2 Å². The SMILES string of the molecule is CC1C2CCC3C4CC=C5CC(N(C)C=O)CCC5(C)C4CCC32CN1C.OCCO. The molecule has 1 saturated heterocycles. The Morgan fingerprint density at radius 3 is 2.52 bits per heavy atom. The van der Waals surface area contributed by atoms with E-state index in [1.54, 1.807) is 5.57 Å². The molecule has 4 aliphatic carbocycles. The van der Waals surface area contributed by atoms with Gasteiger partial charge in [0.1, 0.15) is 0 Å². The number of rotatable bonds is 3. The zero-order valence-electron chi connectivity index (χ0n) is 20.1. The summed E-state index contributed by atoms with van der Waals surface area (Å²) in [6.45, 7) is 6.17. The highest BCUT2D eigenvalue weighted by atomic mass is 16.3. The molecule has 5 rings (SSSR count). The van der Waals surface area contributed by atoms with Crippen LogP contribution in [-0.2, 0) is 4.79 Å². The van der Waals surface area contributed by atoms with Gasteiger partial charge in [-0.3, -0.25) is 4.79 Å². The first-order chi connectivity index (χ1) is 14.8. The second-order valence-corrected chi connectivity index (χ2v) is 11.5. The highest BCUT2D eigenvalue weighted by molar-refractivity contribution is 5.47. The Hall–Kier alpha value is -0.910. The van der Waals surface area contributed by atoms with Crippen LogP contribution in [0.4, 0.5) is 0 Å². The summed E-state index contributed by atoms with van der Waals surface area (Å²) in [5, 5.41) is 15.2. The minimum Gasteiger partial charge on any atom is -0.394 e. The molecule has 1 amide bonds. The molecule has 5 aliphatic rings. The van der Waals surface area contributed by atoms with Gasteiger partial charge in [-0.2, -0.15) is 0 Å². The molecule has 0 bridgehead atoms. The van der Waals surface area contributed by atoms with Gasteiger partial charge in [0, 0.05) is 25.7 Å². The Bertz CT molecular complexity index is 694. The predicted octanol–water partition coefficient (Wildman–Crippen LogP) is 3.31. The lowest BCUT2D eigenvalue weighted by Crippen LogP contribution is -2.52. The second-order valence-electron chi connectivity index (χ2n) is 11.5. The van der Waals surface area contributed by atoms with Crippen LogP contribution in [0.5, 0.6) is 0 Å². The Morgan fingerprint density at radius 1 is 1.13 bits per heavy atom. The van der Waals surface area contributed by atoms with Crippen molar-refractivity contribution in [1.82, 2.24) is 9.80 Å². The molecule has 4 fully saturated rings. The van der Waals surface area contributed by atoms with Crippen molar-refractivity contribution in [1.29, 1.82) is 0 Å². The van der Waals surface area contributed by atoms with Crippen molar-refractivity contribution in [3.8, 4) is 0 Å². The first kappa shape index (κ1) is 23.3. The number of carbonyl (C=O) groups excluding carboxylic acids is 1. The van der Waals surface area contributed by atoms with Gasteiger partial charge in [-0.1, -0.05) is 18.6 Å². The van der Waals surface area contributed by atoms with E-state index in [0.29, 0.717) is 16.9 Å². The van der Waals surface area contributed by atoms with E-state index < -0.39 is 0 Å². The van der Waals surface area contributed by atoms with E-state index in [1.807, 2.05) is 11.9 Å². The lowest BCUT2D eigenvalue weighted by molar-refractivity contribution is -0.119. The van der Waals surface area contributed by atoms with Gasteiger partial charge in [0.15, 0.2) is 0 Å². The number of amides is 1. The highest BCUT2D eigenvalue weighted by Crippen LogP contribution is 2.68. The predicted molar refractivity (Wildman–Crippen MR) is 123 cm³/mol. The van der Waals surface area contributed by atoms with Crippen LogP contribution >= 0.6 is 0 Å². The summed E-state index contributed by atoms with van der Waals surface area (Å²) in [6.07, 6.45) is 14.4. The molecule has 8 atom stereocenters. The quantitative estimate of drug-likeness (QED) is 0.531. The largest absolute Gasteiger partial charge is 0.394 e. The summed E-state index contributed by atoms with van der Waals surface area (Å²) < 4.78 is 0. The van der Waals surface area contributed by atoms with Crippen molar-refractivity contribution >= 4 is 6.41 Å². The standard InChI is InChI=1S/C24H38N2O.C2H6O2/c1-16-20-7-8-22-19-6-5-17-13-18(26(4)15-27)9-11-23(17,2)21(19)10-12-24(20,22)14-25(16)3;3-1-2-4/h5,15-16,18-22H,6-14H2,1-4H3;3-4H,1-2H2. The Morgan fingerprint density at radius 2 is 1.84 bits per heavy atom.